The highest BCUT2D eigenvalue weighted by Crippen LogP contribution is 2.24. The second-order valence-corrected chi connectivity index (χ2v) is 7.27. The fourth-order valence-corrected chi connectivity index (χ4v) is 3.30. The molecule has 0 spiro atoms. The van der Waals surface area contributed by atoms with Crippen LogP contribution in [0.4, 0.5) is 0 Å². The van der Waals surface area contributed by atoms with Crippen molar-refractivity contribution in [3.05, 3.63) is 62.5 Å². The molecule has 7 nitrogen and oxygen atoms in total. The van der Waals surface area contributed by atoms with E-state index in [0.29, 0.717) is 34.3 Å². The number of carbonyl (C=O) groups is 1. The molecule has 1 amide bonds. The summed E-state index contributed by atoms with van der Waals surface area (Å²) < 4.78 is 7.26. The lowest BCUT2D eigenvalue weighted by Crippen LogP contribution is -2.29. The second kappa shape index (κ2) is 8.06. The maximum atomic E-state index is 12.8. The molecular formula is C20H23ClN4O3. The third-order valence-corrected chi connectivity index (χ3v) is 4.60. The quantitative estimate of drug-likeness (QED) is 0.661. The SMILES string of the molecule is CCOc1cc(C)[nH]c(=O)c1CNC(=O)c1cc(Cl)cc2c(C(C)C)ncn12. The standard InChI is InChI=1S/C20H23ClN4O3/c1-5-28-17-6-12(4)24-19(26)14(17)9-22-20(27)16-8-13(21)7-15-18(11(2)3)23-10-25(15)16/h6-8,10-11H,5,9H2,1-4H3,(H,22,27)(H,24,26). The molecule has 0 aliphatic rings. The van der Waals surface area contributed by atoms with Crippen molar-refractivity contribution in [1.29, 1.82) is 0 Å². The van der Waals surface area contributed by atoms with Crippen molar-refractivity contribution in [3.8, 4) is 5.75 Å². The van der Waals surface area contributed by atoms with Crippen molar-refractivity contribution >= 4 is 23.0 Å². The zero-order chi connectivity index (χ0) is 20.4. The molecule has 28 heavy (non-hydrogen) atoms. The Balaban J connectivity index is 1.92. The summed E-state index contributed by atoms with van der Waals surface area (Å²) in [5, 5.41) is 3.23. The summed E-state index contributed by atoms with van der Waals surface area (Å²) >= 11 is 6.23. The second-order valence-electron chi connectivity index (χ2n) is 6.84. The number of H-pyrrole nitrogens is 1. The molecule has 0 saturated carbocycles. The van der Waals surface area contributed by atoms with Crippen molar-refractivity contribution < 1.29 is 9.53 Å². The molecule has 3 aromatic rings. The number of fused-ring (bicyclic) bond motifs is 1. The highest BCUT2D eigenvalue weighted by atomic mass is 35.5. The smallest absolute Gasteiger partial charge is 0.268 e. The average molecular weight is 403 g/mol. The highest BCUT2D eigenvalue weighted by Gasteiger charge is 2.18. The van der Waals surface area contributed by atoms with Crippen LogP contribution in [-0.2, 0) is 6.54 Å². The molecule has 0 unspecified atom stereocenters. The third kappa shape index (κ3) is 3.89. The molecule has 2 N–H and O–H groups in total. The Morgan fingerprint density at radius 3 is 2.79 bits per heavy atom. The van der Waals surface area contributed by atoms with E-state index in [1.165, 1.54) is 0 Å². The van der Waals surface area contributed by atoms with E-state index in [-0.39, 0.29) is 23.9 Å². The molecule has 3 heterocycles. The number of aryl methyl sites for hydroxylation is 1. The highest BCUT2D eigenvalue weighted by molar-refractivity contribution is 6.31. The van der Waals surface area contributed by atoms with Gasteiger partial charge < -0.3 is 15.0 Å². The van der Waals surface area contributed by atoms with Crippen molar-refractivity contribution in [2.24, 2.45) is 0 Å². The summed E-state index contributed by atoms with van der Waals surface area (Å²) in [7, 11) is 0. The fourth-order valence-electron chi connectivity index (χ4n) is 3.10. The van der Waals surface area contributed by atoms with E-state index in [4.69, 9.17) is 16.3 Å². The summed E-state index contributed by atoms with van der Waals surface area (Å²) in [6.07, 6.45) is 1.61. The number of nitrogens with one attached hydrogen (secondary N) is 2. The van der Waals surface area contributed by atoms with Crippen LogP contribution in [0, 0.1) is 6.92 Å². The molecule has 0 bridgehead atoms. The molecule has 0 atom stereocenters. The molecule has 0 radical (unpaired) electrons. The van der Waals surface area contributed by atoms with Gasteiger partial charge in [0.2, 0.25) is 0 Å². The first-order valence-corrected chi connectivity index (χ1v) is 9.49. The topological polar surface area (TPSA) is 88.5 Å². The van der Waals surface area contributed by atoms with Gasteiger partial charge in [-0.25, -0.2) is 4.98 Å². The number of pyridine rings is 2. The number of aromatic nitrogens is 3. The summed E-state index contributed by atoms with van der Waals surface area (Å²) in [6, 6.07) is 5.12. The molecule has 3 aromatic heterocycles. The Morgan fingerprint density at radius 2 is 2.11 bits per heavy atom. The van der Waals surface area contributed by atoms with Gasteiger partial charge in [0, 0.05) is 10.7 Å². The first-order chi connectivity index (χ1) is 13.3. The van der Waals surface area contributed by atoms with Gasteiger partial charge in [-0.3, -0.25) is 14.0 Å². The van der Waals surface area contributed by atoms with Crippen LogP contribution in [0.3, 0.4) is 0 Å². The predicted octanol–water partition coefficient (Wildman–Crippen LogP) is 3.44. The van der Waals surface area contributed by atoms with Crippen LogP contribution in [0.2, 0.25) is 5.02 Å². The normalized spacial score (nSPS) is 11.2. The largest absolute Gasteiger partial charge is 0.493 e. The molecule has 0 aliphatic carbocycles. The lowest BCUT2D eigenvalue weighted by molar-refractivity contribution is 0.0944. The number of aromatic amines is 1. The van der Waals surface area contributed by atoms with E-state index >= 15 is 0 Å². The van der Waals surface area contributed by atoms with Crippen LogP contribution in [0.1, 0.15) is 54.1 Å². The van der Waals surface area contributed by atoms with Crippen LogP contribution in [0.5, 0.6) is 5.75 Å². The molecule has 0 aromatic carbocycles. The van der Waals surface area contributed by atoms with Gasteiger partial charge in [-0.15, -0.1) is 0 Å². The number of amides is 1. The van der Waals surface area contributed by atoms with Crippen molar-refractivity contribution in [3.63, 3.8) is 0 Å². The summed E-state index contributed by atoms with van der Waals surface area (Å²) in [6.45, 7) is 8.13. The summed E-state index contributed by atoms with van der Waals surface area (Å²) in [5.74, 6) is 0.298. The molecule has 0 fully saturated rings. The minimum atomic E-state index is -0.359. The average Bonchev–Trinajstić information content (AvgIpc) is 3.04. The van der Waals surface area contributed by atoms with Crippen LogP contribution >= 0.6 is 11.6 Å². The van der Waals surface area contributed by atoms with Gasteiger partial charge in [0.25, 0.3) is 11.5 Å². The van der Waals surface area contributed by atoms with Gasteiger partial charge in [0.05, 0.1) is 29.9 Å². The number of ether oxygens (including phenoxy) is 1. The van der Waals surface area contributed by atoms with Crippen molar-refractivity contribution in [2.45, 2.75) is 40.2 Å². The fraction of sp³-hybridized carbons (Fsp3) is 0.350. The number of hydrogen-bond donors (Lipinski definition) is 2. The Morgan fingerprint density at radius 1 is 1.36 bits per heavy atom. The van der Waals surface area contributed by atoms with E-state index in [1.807, 2.05) is 20.8 Å². The number of hydrogen-bond acceptors (Lipinski definition) is 4. The van der Waals surface area contributed by atoms with Crippen LogP contribution < -0.4 is 15.6 Å². The lowest BCUT2D eigenvalue weighted by Gasteiger charge is -2.12. The minimum absolute atomic E-state index is 0.0313. The lowest BCUT2D eigenvalue weighted by atomic mass is 10.1. The van der Waals surface area contributed by atoms with Gasteiger partial charge in [-0.1, -0.05) is 25.4 Å². The van der Waals surface area contributed by atoms with Crippen molar-refractivity contribution in [2.75, 3.05) is 6.61 Å². The van der Waals surface area contributed by atoms with Crippen LogP contribution in [0.15, 0.2) is 29.3 Å². The van der Waals surface area contributed by atoms with E-state index in [0.717, 1.165) is 11.2 Å². The molecule has 8 heteroatoms. The maximum absolute atomic E-state index is 12.8. The first-order valence-electron chi connectivity index (χ1n) is 9.12. The van der Waals surface area contributed by atoms with Gasteiger partial charge in [0.1, 0.15) is 17.8 Å². The van der Waals surface area contributed by atoms with Crippen molar-refractivity contribution in [1.82, 2.24) is 19.7 Å². The molecule has 148 valence electrons. The minimum Gasteiger partial charge on any atom is -0.493 e. The van der Waals surface area contributed by atoms with Gasteiger partial charge in [-0.2, -0.15) is 0 Å². The zero-order valence-electron chi connectivity index (χ0n) is 16.3. The third-order valence-electron chi connectivity index (χ3n) is 4.38. The molecule has 0 saturated heterocycles. The predicted molar refractivity (Wildman–Crippen MR) is 108 cm³/mol. The van der Waals surface area contributed by atoms with Crippen LogP contribution in [0.25, 0.3) is 5.52 Å². The summed E-state index contributed by atoms with van der Waals surface area (Å²) in [4.78, 5) is 32.3. The number of imidazole rings is 1. The number of halogens is 1. The maximum Gasteiger partial charge on any atom is 0.268 e. The van der Waals surface area contributed by atoms with E-state index in [1.54, 1.807) is 35.9 Å². The summed E-state index contributed by atoms with van der Waals surface area (Å²) in [5.41, 5.74) is 2.78. The van der Waals surface area contributed by atoms with Crippen LogP contribution in [-0.4, -0.2) is 26.9 Å². The Bertz CT molecular complexity index is 1080. The Hall–Kier alpha value is -2.80. The monoisotopic (exact) mass is 402 g/mol. The molecule has 0 aliphatic heterocycles. The Kier molecular flexibility index (Phi) is 5.74. The number of nitrogens with zero attached hydrogens (tertiary/aromatic N) is 2. The van der Waals surface area contributed by atoms with Gasteiger partial charge in [0.15, 0.2) is 0 Å². The Labute approximate surface area is 167 Å². The van der Waals surface area contributed by atoms with E-state index in [2.05, 4.69) is 15.3 Å². The van der Waals surface area contributed by atoms with Gasteiger partial charge in [-0.05, 0) is 38.0 Å². The van der Waals surface area contributed by atoms with E-state index in [9.17, 15) is 9.59 Å². The number of carbonyl (C=O) groups excluding carboxylic acids is 1. The van der Waals surface area contributed by atoms with Gasteiger partial charge >= 0.3 is 0 Å². The molecule has 3 rings (SSSR count). The molecular weight excluding hydrogens is 380 g/mol. The number of rotatable bonds is 6. The zero-order valence-corrected chi connectivity index (χ0v) is 17.1. The van der Waals surface area contributed by atoms with E-state index < -0.39 is 0 Å². The first kappa shape index (κ1) is 19.9.